The van der Waals surface area contributed by atoms with Crippen molar-refractivity contribution in [1.82, 2.24) is 4.90 Å². The zero-order valence-electron chi connectivity index (χ0n) is 17.7. The van der Waals surface area contributed by atoms with Crippen molar-refractivity contribution in [3.05, 3.63) is 58.9 Å². The molecule has 0 radical (unpaired) electrons. The summed E-state index contributed by atoms with van der Waals surface area (Å²) in [5.41, 5.74) is 3.91. The van der Waals surface area contributed by atoms with Gasteiger partial charge in [0.25, 0.3) is 0 Å². The molecule has 1 unspecified atom stereocenters. The second-order valence-electron chi connectivity index (χ2n) is 7.64. The molecule has 3 rings (SSSR count). The van der Waals surface area contributed by atoms with E-state index in [1.54, 1.807) is 26.4 Å². The van der Waals surface area contributed by atoms with Crippen molar-refractivity contribution >= 4 is 12.4 Å². The van der Waals surface area contributed by atoms with E-state index < -0.39 is 0 Å². The predicted molar refractivity (Wildman–Crippen MR) is 119 cm³/mol. The molecule has 0 amide bonds. The third kappa shape index (κ3) is 5.86. The highest BCUT2D eigenvalue weighted by Gasteiger charge is 2.26. The summed E-state index contributed by atoms with van der Waals surface area (Å²) in [5.74, 6) is 2.07. The lowest BCUT2D eigenvalue weighted by Gasteiger charge is -2.32. The molecule has 0 heterocycles. The minimum absolute atomic E-state index is 0. The molecule has 1 aliphatic rings. The van der Waals surface area contributed by atoms with Gasteiger partial charge in [0.05, 0.1) is 14.2 Å². The minimum atomic E-state index is -0.169. The maximum absolute atomic E-state index is 13.1. The third-order valence-electron chi connectivity index (χ3n) is 5.75. The van der Waals surface area contributed by atoms with Crippen molar-refractivity contribution in [2.45, 2.75) is 44.9 Å². The fourth-order valence-corrected chi connectivity index (χ4v) is 4.38. The molecule has 2 aromatic carbocycles. The van der Waals surface area contributed by atoms with E-state index in [2.05, 4.69) is 17.9 Å². The van der Waals surface area contributed by atoms with Crippen LogP contribution in [0.5, 0.6) is 11.5 Å². The van der Waals surface area contributed by atoms with Crippen LogP contribution in [-0.4, -0.2) is 38.8 Å². The van der Waals surface area contributed by atoms with Gasteiger partial charge in [0.1, 0.15) is 5.82 Å². The first-order chi connectivity index (χ1) is 13.7. The summed E-state index contributed by atoms with van der Waals surface area (Å²) >= 11 is 0. The molecule has 0 aromatic heterocycles. The molecule has 1 aliphatic carbocycles. The van der Waals surface area contributed by atoms with Crippen molar-refractivity contribution in [3.63, 3.8) is 0 Å². The number of rotatable bonds is 9. The van der Waals surface area contributed by atoms with Gasteiger partial charge in [-0.25, -0.2) is 4.39 Å². The molecular weight excluding hydrogens is 389 g/mol. The Morgan fingerprint density at radius 2 is 1.79 bits per heavy atom. The molecular formula is C24H33ClFNO2. The van der Waals surface area contributed by atoms with Gasteiger partial charge in [-0.3, -0.25) is 0 Å². The van der Waals surface area contributed by atoms with Crippen LogP contribution in [0.3, 0.4) is 0 Å². The summed E-state index contributed by atoms with van der Waals surface area (Å²) < 4.78 is 24.3. The van der Waals surface area contributed by atoms with Crippen LogP contribution in [0.1, 0.15) is 48.8 Å². The zero-order valence-corrected chi connectivity index (χ0v) is 18.6. The summed E-state index contributed by atoms with van der Waals surface area (Å²) in [6, 6.07) is 11.2. The van der Waals surface area contributed by atoms with E-state index in [9.17, 15) is 4.39 Å². The van der Waals surface area contributed by atoms with Gasteiger partial charge in [-0.1, -0.05) is 25.1 Å². The smallest absolute Gasteiger partial charge is 0.164 e. The van der Waals surface area contributed by atoms with Gasteiger partial charge in [0, 0.05) is 18.7 Å². The molecule has 3 nitrogen and oxygen atoms in total. The number of nitrogens with zero attached hydrogens (tertiary/aromatic N) is 1. The summed E-state index contributed by atoms with van der Waals surface area (Å²) in [6.45, 7) is 5.37. The molecule has 0 N–H and O–H groups in total. The van der Waals surface area contributed by atoms with Crippen LogP contribution in [-0.2, 0) is 12.8 Å². The molecule has 29 heavy (non-hydrogen) atoms. The Morgan fingerprint density at radius 3 is 2.45 bits per heavy atom. The van der Waals surface area contributed by atoms with E-state index in [0.29, 0.717) is 5.92 Å². The van der Waals surface area contributed by atoms with Gasteiger partial charge in [-0.2, -0.15) is 0 Å². The number of benzene rings is 2. The van der Waals surface area contributed by atoms with Crippen LogP contribution in [0.25, 0.3) is 0 Å². The molecule has 0 bridgehead atoms. The van der Waals surface area contributed by atoms with Crippen molar-refractivity contribution in [1.29, 1.82) is 0 Å². The molecule has 5 heteroatoms. The molecule has 1 atom stereocenters. The molecule has 2 aromatic rings. The van der Waals surface area contributed by atoms with Gasteiger partial charge in [-0.05, 0) is 73.9 Å². The highest BCUT2D eigenvalue weighted by molar-refractivity contribution is 5.85. The molecule has 160 valence electrons. The van der Waals surface area contributed by atoms with Gasteiger partial charge in [0.2, 0.25) is 0 Å². The molecule has 0 spiro atoms. The van der Waals surface area contributed by atoms with Gasteiger partial charge in [-0.15, -0.1) is 12.4 Å². The molecule has 0 saturated carbocycles. The normalized spacial score (nSPS) is 15.6. The van der Waals surface area contributed by atoms with Crippen molar-refractivity contribution in [2.24, 2.45) is 0 Å². The van der Waals surface area contributed by atoms with Gasteiger partial charge >= 0.3 is 0 Å². The second-order valence-corrected chi connectivity index (χ2v) is 7.64. The Labute approximate surface area is 180 Å². The van der Waals surface area contributed by atoms with Crippen LogP contribution in [0, 0.1) is 5.82 Å². The van der Waals surface area contributed by atoms with E-state index in [0.717, 1.165) is 50.4 Å². The number of ether oxygens (including phenoxy) is 2. The van der Waals surface area contributed by atoms with Crippen LogP contribution >= 0.6 is 12.4 Å². The predicted octanol–water partition coefficient (Wildman–Crippen LogP) is 5.64. The standard InChI is InChI=1S/C24H32FNO2.ClH/c1-4-15-26(16-14-18-8-10-20(25)11-9-18)17-19-6-5-7-22-21(19)12-13-23(27-2)24(22)28-3;/h8-13,19H,4-7,14-17H2,1-3H3;1H. The Balaban J connectivity index is 0.00000300. The molecule has 0 fully saturated rings. The number of hydrogen-bond acceptors (Lipinski definition) is 3. The number of fused-ring (bicyclic) bond motifs is 1. The van der Waals surface area contributed by atoms with Crippen molar-refractivity contribution in [3.8, 4) is 11.5 Å². The third-order valence-corrected chi connectivity index (χ3v) is 5.75. The average Bonchev–Trinajstić information content (AvgIpc) is 2.72. The maximum Gasteiger partial charge on any atom is 0.164 e. The number of halogens is 2. The highest BCUT2D eigenvalue weighted by atomic mass is 35.5. The molecule has 0 aliphatic heterocycles. The average molecular weight is 422 g/mol. The van der Waals surface area contributed by atoms with Gasteiger partial charge < -0.3 is 14.4 Å². The zero-order chi connectivity index (χ0) is 19.9. The van der Waals surface area contributed by atoms with E-state index in [1.807, 2.05) is 18.2 Å². The topological polar surface area (TPSA) is 21.7 Å². The minimum Gasteiger partial charge on any atom is -0.493 e. The maximum atomic E-state index is 13.1. The summed E-state index contributed by atoms with van der Waals surface area (Å²) in [5, 5.41) is 0. The lowest BCUT2D eigenvalue weighted by atomic mass is 9.81. The lowest BCUT2D eigenvalue weighted by Crippen LogP contribution is -2.32. The van der Waals surface area contributed by atoms with Crippen LogP contribution < -0.4 is 9.47 Å². The fourth-order valence-electron chi connectivity index (χ4n) is 4.38. The van der Waals surface area contributed by atoms with E-state index in [4.69, 9.17) is 9.47 Å². The van der Waals surface area contributed by atoms with E-state index >= 15 is 0 Å². The van der Waals surface area contributed by atoms with Crippen molar-refractivity contribution in [2.75, 3.05) is 33.9 Å². The van der Waals surface area contributed by atoms with Crippen LogP contribution in [0.2, 0.25) is 0 Å². The first-order valence-corrected chi connectivity index (χ1v) is 10.4. The van der Waals surface area contributed by atoms with Crippen LogP contribution in [0.15, 0.2) is 36.4 Å². The lowest BCUT2D eigenvalue weighted by molar-refractivity contribution is 0.249. The Kier molecular flexibility index (Phi) is 9.25. The Hall–Kier alpha value is -1.78. The summed E-state index contributed by atoms with van der Waals surface area (Å²) in [6.07, 6.45) is 5.52. The van der Waals surface area contributed by atoms with Crippen LogP contribution in [0.4, 0.5) is 4.39 Å². The van der Waals surface area contributed by atoms with Gasteiger partial charge in [0.15, 0.2) is 11.5 Å². The first kappa shape index (κ1) is 23.5. The van der Waals surface area contributed by atoms with E-state index in [-0.39, 0.29) is 18.2 Å². The largest absolute Gasteiger partial charge is 0.493 e. The number of methoxy groups -OCH3 is 2. The summed E-state index contributed by atoms with van der Waals surface area (Å²) in [7, 11) is 3.43. The molecule has 0 saturated heterocycles. The fraction of sp³-hybridized carbons (Fsp3) is 0.500. The monoisotopic (exact) mass is 421 g/mol. The Bertz CT molecular complexity index is 766. The SMILES string of the molecule is CCCN(CCc1ccc(F)cc1)CC1CCCc2c1ccc(OC)c2OC.Cl. The first-order valence-electron chi connectivity index (χ1n) is 10.4. The highest BCUT2D eigenvalue weighted by Crippen LogP contribution is 2.42. The second kappa shape index (κ2) is 11.4. The number of hydrogen-bond donors (Lipinski definition) is 0. The summed E-state index contributed by atoms with van der Waals surface area (Å²) in [4.78, 5) is 2.56. The van der Waals surface area contributed by atoms with E-state index in [1.165, 1.54) is 29.5 Å². The quantitative estimate of drug-likeness (QED) is 0.523. The van der Waals surface area contributed by atoms with Crippen molar-refractivity contribution < 1.29 is 13.9 Å². The Morgan fingerprint density at radius 1 is 1.03 bits per heavy atom.